The number of carbonyl (C=O) groups is 5. The van der Waals surface area contributed by atoms with Crippen LogP contribution >= 0.6 is 0 Å². The van der Waals surface area contributed by atoms with Gasteiger partial charge in [-0.2, -0.15) is 0 Å². The van der Waals surface area contributed by atoms with Gasteiger partial charge in [0.2, 0.25) is 23.6 Å². The Labute approximate surface area is 154 Å². The molecule has 13 heteroatoms. The minimum absolute atomic E-state index is 0.428. The van der Waals surface area contributed by atoms with Crippen LogP contribution in [-0.4, -0.2) is 88.8 Å². The summed E-state index contributed by atoms with van der Waals surface area (Å²) >= 11 is 0. The van der Waals surface area contributed by atoms with Gasteiger partial charge in [-0.15, -0.1) is 0 Å². The summed E-state index contributed by atoms with van der Waals surface area (Å²) < 4.78 is 0. The minimum Gasteiger partial charge on any atom is -0.480 e. The van der Waals surface area contributed by atoms with Crippen LogP contribution in [0.2, 0.25) is 0 Å². The lowest BCUT2D eigenvalue weighted by molar-refractivity contribution is -0.138. The van der Waals surface area contributed by atoms with Crippen molar-refractivity contribution in [1.82, 2.24) is 21.3 Å². The fourth-order valence-corrected chi connectivity index (χ4v) is 1.80. The number of amides is 4. The molecule has 9 N–H and O–H groups in total. The molecule has 0 unspecified atom stereocenters. The molecule has 0 fully saturated rings. The zero-order valence-corrected chi connectivity index (χ0v) is 14.9. The van der Waals surface area contributed by atoms with E-state index in [1.165, 1.54) is 13.8 Å². The Kier molecular flexibility index (Phi) is 10.6. The maximum Gasteiger partial charge on any atom is 0.322 e. The summed E-state index contributed by atoms with van der Waals surface area (Å²) in [5, 5.41) is 36.2. The van der Waals surface area contributed by atoms with E-state index in [0.717, 1.165) is 0 Å². The maximum atomic E-state index is 12.2. The molecule has 0 aromatic rings. The molecule has 0 heterocycles. The van der Waals surface area contributed by atoms with E-state index in [4.69, 9.17) is 10.8 Å². The van der Waals surface area contributed by atoms with Gasteiger partial charge in [0.1, 0.15) is 18.6 Å². The predicted octanol–water partition coefficient (Wildman–Crippen LogP) is -5.01. The predicted molar refractivity (Wildman–Crippen MR) is 89.9 cm³/mol. The molecule has 0 spiro atoms. The molecule has 0 saturated carbocycles. The SMILES string of the molecule is C[C@@H](O)[C@H](NC(=O)CN)C(=O)N[C@H](C(=O)NCC(=O)NCC(=O)O)[C@@H](C)O. The number of nitrogens with two attached hydrogens (primary N) is 1. The second-order valence-corrected chi connectivity index (χ2v) is 5.61. The lowest BCUT2D eigenvalue weighted by Crippen LogP contribution is -2.60. The third kappa shape index (κ3) is 9.48. The van der Waals surface area contributed by atoms with Crippen molar-refractivity contribution in [3.8, 4) is 0 Å². The molecule has 13 nitrogen and oxygen atoms in total. The van der Waals surface area contributed by atoms with E-state index in [1.807, 2.05) is 5.32 Å². The van der Waals surface area contributed by atoms with E-state index in [1.54, 1.807) is 0 Å². The van der Waals surface area contributed by atoms with Crippen LogP contribution in [0.4, 0.5) is 0 Å². The molecule has 0 radical (unpaired) electrons. The summed E-state index contributed by atoms with van der Waals surface area (Å²) in [5.74, 6) is -4.67. The molecule has 0 saturated heterocycles. The Bertz CT molecular complexity index is 566. The first kappa shape index (κ1) is 24.2. The largest absolute Gasteiger partial charge is 0.480 e. The van der Waals surface area contributed by atoms with Crippen LogP contribution in [-0.2, 0) is 24.0 Å². The molecule has 154 valence electrons. The number of aliphatic hydroxyl groups excluding tert-OH is 2. The number of aliphatic hydroxyl groups is 2. The maximum absolute atomic E-state index is 12.2. The van der Waals surface area contributed by atoms with Crippen molar-refractivity contribution in [3.05, 3.63) is 0 Å². The van der Waals surface area contributed by atoms with Crippen LogP contribution in [0.1, 0.15) is 13.8 Å². The fourth-order valence-electron chi connectivity index (χ4n) is 1.80. The third-order valence-corrected chi connectivity index (χ3v) is 3.19. The van der Waals surface area contributed by atoms with Crippen molar-refractivity contribution >= 4 is 29.6 Å². The lowest BCUT2D eigenvalue weighted by Gasteiger charge is -2.25. The Morgan fingerprint density at radius 2 is 1.33 bits per heavy atom. The van der Waals surface area contributed by atoms with E-state index >= 15 is 0 Å². The molecule has 0 bridgehead atoms. The first-order chi connectivity index (χ1) is 12.5. The Hall–Kier alpha value is -2.77. The Morgan fingerprint density at radius 1 is 0.815 bits per heavy atom. The molecular weight excluding hydrogens is 366 g/mol. The van der Waals surface area contributed by atoms with E-state index in [-0.39, 0.29) is 0 Å². The molecule has 0 aromatic heterocycles. The molecular formula is C14H25N5O8. The summed E-state index contributed by atoms with van der Waals surface area (Å²) in [4.78, 5) is 57.3. The fraction of sp³-hybridized carbons (Fsp3) is 0.643. The molecule has 0 rings (SSSR count). The zero-order valence-electron chi connectivity index (χ0n) is 14.9. The van der Waals surface area contributed by atoms with Crippen LogP contribution in [0.25, 0.3) is 0 Å². The van der Waals surface area contributed by atoms with Gasteiger partial charge in [-0.3, -0.25) is 24.0 Å². The van der Waals surface area contributed by atoms with Gasteiger partial charge in [0.25, 0.3) is 0 Å². The third-order valence-electron chi connectivity index (χ3n) is 3.19. The van der Waals surface area contributed by atoms with Crippen LogP contribution in [0.5, 0.6) is 0 Å². The van der Waals surface area contributed by atoms with Crippen molar-refractivity contribution in [2.24, 2.45) is 5.73 Å². The average Bonchev–Trinajstić information content (AvgIpc) is 2.59. The zero-order chi connectivity index (χ0) is 21.1. The number of carbonyl (C=O) groups excluding carboxylic acids is 4. The van der Waals surface area contributed by atoms with E-state index in [9.17, 15) is 34.2 Å². The summed E-state index contributed by atoms with van der Waals surface area (Å²) in [7, 11) is 0. The molecule has 4 amide bonds. The number of hydrogen-bond donors (Lipinski definition) is 8. The minimum atomic E-state index is -1.50. The molecule has 0 aliphatic rings. The van der Waals surface area contributed by atoms with Gasteiger partial charge in [-0.05, 0) is 13.8 Å². The summed E-state index contributed by atoms with van der Waals surface area (Å²) in [6, 6.07) is -2.92. The first-order valence-electron chi connectivity index (χ1n) is 7.91. The Morgan fingerprint density at radius 3 is 1.78 bits per heavy atom. The Balaban J connectivity index is 4.87. The number of hydrogen-bond acceptors (Lipinski definition) is 8. The van der Waals surface area contributed by atoms with Crippen LogP contribution < -0.4 is 27.0 Å². The van der Waals surface area contributed by atoms with Gasteiger partial charge in [0, 0.05) is 0 Å². The van der Waals surface area contributed by atoms with E-state index in [0.29, 0.717) is 0 Å². The lowest BCUT2D eigenvalue weighted by atomic mass is 10.1. The summed E-state index contributed by atoms with van der Waals surface area (Å²) in [6.07, 6.45) is -2.70. The molecule has 0 aromatic carbocycles. The first-order valence-corrected chi connectivity index (χ1v) is 7.91. The van der Waals surface area contributed by atoms with Gasteiger partial charge in [0.15, 0.2) is 0 Å². The van der Waals surface area contributed by atoms with Gasteiger partial charge in [0.05, 0.1) is 25.3 Å². The molecule has 0 aliphatic heterocycles. The van der Waals surface area contributed by atoms with Gasteiger partial charge in [-0.25, -0.2) is 0 Å². The average molecular weight is 391 g/mol. The monoisotopic (exact) mass is 391 g/mol. The molecule has 4 atom stereocenters. The van der Waals surface area contributed by atoms with Crippen LogP contribution in [0, 0.1) is 0 Å². The van der Waals surface area contributed by atoms with Crippen molar-refractivity contribution in [2.75, 3.05) is 19.6 Å². The molecule has 27 heavy (non-hydrogen) atoms. The highest BCUT2D eigenvalue weighted by molar-refractivity contribution is 5.94. The van der Waals surface area contributed by atoms with Crippen molar-refractivity contribution in [3.63, 3.8) is 0 Å². The topological polar surface area (TPSA) is 220 Å². The highest BCUT2D eigenvalue weighted by atomic mass is 16.4. The van der Waals surface area contributed by atoms with Gasteiger partial charge < -0.3 is 42.3 Å². The number of carboxylic acid groups (broad SMARTS) is 1. The van der Waals surface area contributed by atoms with Crippen LogP contribution in [0.3, 0.4) is 0 Å². The number of aliphatic carboxylic acids is 1. The van der Waals surface area contributed by atoms with Crippen molar-refractivity contribution in [1.29, 1.82) is 0 Å². The second-order valence-electron chi connectivity index (χ2n) is 5.61. The van der Waals surface area contributed by atoms with Gasteiger partial charge in [-0.1, -0.05) is 0 Å². The highest BCUT2D eigenvalue weighted by Gasteiger charge is 2.31. The van der Waals surface area contributed by atoms with E-state index in [2.05, 4.69) is 16.0 Å². The molecule has 0 aliphatic carbocycles. The second kappa shape index (κ2) is 11.8. The summed E-state index contributed by atoms with van der Waals surface area (Å²) in [5.41, 5.74) is 5.13. The summed E-state index contributed by atoms with van der Waals surface area (Å²) in [6.45, 7) is 0.773. The quantitative estimate of drug-likeness (QED) is 0.169. The number of nitrogens with one attached hydrogen (secondary N) is 4. The van der Waals surface area contributed by atoms with Crippen LogP contribution in [0.15, 0.2) is 0 Å². The normalized spacial score (nSPS) is 14.9. The van der Waals surface area contributed by atoms with Crippen molar-refractivity contribution in [2.45, 2.75) is 38.1 Å². The van der Waals surface area contributed by atoms with Gasteiger partial charge >= 0.3 is 5.97 Å². The number of carboxylic acids is 1. The highest BCUT2D eigenvalue weighted by Crippen LogP contribution is 1.99. The smallest absolute Gasteiger partial charge is 0.322 e. The number of rotatable bonds is 11. The standard InChI is InChI=1S/C14H25N5O8/c1-6(20)11(13(26)17-4-9(23)16-5-10(24)25)19-14(27)12(7(2)21)18-8(22)3-15/h6-7,11-12,20-21H,3-5,15H2,1-2H3,(H,16,23)(H,17,26)(H,18,22)(H,19,27)(H,24,25)/t6-,7-,11+,12+/m1/s1. The van der Waals surface area contributed by atoms with Crippen molar-refractivity contribution < 1.29 is 39.3 Å². The van der Waals surface area contributed by atoms with E-state index < -0.39 is 73.5 Å².